The largest absolute Gasteiger partial charge is 0.496 e. The molecule has 5 nitrogen and oxygen atoms in total. The lowest BCUT2D eigenvalue weighted by Crippen LogP contribution is -2.39. The second-order valence-corrected chi connectivity index (χ2v) is 4.94. The van der Waals surface area contributed by atoms with Crippen molar-refractivity contribution in [1.82, 2.24) is 0 Å². The lowest BCUT2D eigenvalue weighted by molar-refractivity contribution is -0.126. The third-order valence-corrected chi connectivity index (χ3v) is 3.65. The van der Waals surface area contributed by atoms with Crippen LogP contribution < -0.4 is 10.1 Å². The average molecular weight is 274 g/mol. The van der Waals surface area contributed by atoms with Crippen LogP contribution in [0.4, 0.5) is 5.69 Å². The van der Waals surface area contributed by atoms with E-state index in [1.54, 1.807) is 19.2 Å². The zero-order valence-electron chi connectivity index (χ0n) is 11.7. The highest BCUT2D eigenvalue weighted by molar-refractivity contribution is 5.97. The zero-order chi connectivity index (χ0) is 14.6. The Morgan fingerprint density at radius 2 is 2.15 bits per heavy atom. The number of carbonyl (C=O) groups excluding carboxylic acids is 1. The fourth-order valence-corrected chi connectivity index (χ4v) is 2.32. The van der Waals surface area contributed by atoms with Crippen molar-refractivity contribution in [2.45, 2.75) is 19.8 Å². The van der Waals surface area contributed by atoms with Crippen LogP contribution in [0.2, 0.25) is 0 Å². The van der Waals surface area contributed by atoms with Crippen LogP contribution in [-0.4, -0.2) is 26.2 Å². The number of nitrogens with zero attached hydrogens (tertiary/aromatic N) is 1. The Kier molecular flexibility index (Phi) is 4.26. The van der Waals surface area contributed by atoms with E-state index in [0.717, 1.165) is 11.3 Å². The fraction of sp³-hybridized carbons (Fsp3) is 0.467. The van der Waals surface area contributed by atoms with Crippen molar-refractivity contribution < 1.29 is 14.3 Å². The molecule has 1 aromatic rings. The zero-order valence-corrected chi connectivity index (χ0v) is 11.7. The topological polar surface area (TPSA) is 71.3 Å². The van der Waals surface area contributed by atoms with Crippen LogP contribution >= 0.6 is 0 Å². The minimum absolute atomic E-state index is 0.257. The summed E-state index contributed by atoms with van der Waals surface area (Å²) in [5, 5.41) is 12.2. The molecule has 5 heteroatoms. The molecule has 1 saturated heterocycles. The Morgan fingerprint density at radius 3 is 2.70 bits per heavy atom. The number of hydrogen-bond donors (Lipinski definition) is 1. The van der Waals surface area contributed by atoms with Crippen molar-refractivity contribution in [2.75, 3.05) is 25.6 Å². The summed E-state index contributed by atoms with van der Waals surface area (Å²) in [6, 6.07) is 7.56. The van der Waals surface area contributed by atoms with Crippen LogP contribution in [0.5, 0.6) is 5.75 Å². The fourth-order valence-electron chi connectivity index (χ4n) is 2.32. The molecule has 1 heterocycles. The first kappa shape index (κ1) is 14.4. The van der Waals surface area contributed by atoms with Crippen molar-refractivity contribution in [1.29, 1.82) is 5.26 Å². The van der Waals surface area contributed by atoms with Gasteiger partial charge in [-0.15, -0.1) is 0 Å². The van der Waals surface area contributed by atoms with Gasteiger partial charge >= 0.3 is 0 Å². The van der Waals surface area contributed by atoms with Gasteiger partial charge in [-0.3, -0.25) is 4.79 Å². The first-order valence-corrected chi connectivity index (χ1v) is 6.56. The first-order valence-electron chi connectivity index (χ1n) is 6.56. The average Bonchev–Trinajstić information content (AvgIpc) is 2.48. The van der Waals surface area contributed by atoms with Crippen LogP contribution in [0, 0.1) is 23.7 Å². The number of rotatable bonds is 3. The summed E-state index contributed by atoms with van der Waals surface area (Å²) < 4.78 is 10.4. The van der Waals surface area contributed by atoms with Gasteiger partial charge in [-0.2, -0.15) is 5.26 Å². The smallest absolute Gasteiger partial charge is 0.245 e. The predicted octanol–water partition coefficient (Wildman–Crippen LogP) is 2.26. The molecule has 0 unspecified atom stereocenters. The van der Waals surface area contributed by atoms with Gasteiger partial charge in [0, 0.05) is 18.9 Å². The lowest BCUT2D eigenvalue weighted by atomic mass is 9.81. The van der Waals surface area contributed by atoms with E-state index in [0.29, 0.717) is 31.7 Å². The second kappa shape index (κ2) is 5.93. The molecule has 1 N–H and O–H groups in total. The van der Waals surface area contributed by atoms with Gasteiger partial charge in [0.1, 0.15) is 11.2 Å². The summed E-state index contributed by atoms with van der Waals surface area (Å²) in [5.41, 5.74) is 0.629. The van der Waals surface area contributed by atoms with Crippen molar-refractivity contribution in [3.05, 3.63) is 23.8 Å². The Morgan fingerprint density at radius 1 is 1.45 bits per heavy atom. The minimum atomic E-state index is -0.980. The monoisotopic (exact) mass is 274 g/mol. The molecule has 1 aliphatic rings. The Balaban J connectivity index is 2.14. The number of ether oxygens (including phenoxy) is 2. The third-order valence-electron chi connectivity index (χ3n) is 3.65. The van der Waals surface area contributed by atoms with Crippen molar-refractivity contribution in [3.63, 3.8) is 0 Å². The van der Waals surface area contributed by atoms with Gasteiger partial charge in [-0.1, -0.05) is 0 Å². The number of amides is 1. The number of nitriles is 1. The van der Waals surface area contributed by atoms with Crippen molar-refractivity contribution in [3.8, 4) is 11.8 Å². The van der Waals surface area contributed by atoms with Gasteiger partial charge in [0.25, 0.3) is 0 Å². The van der Waals surface area contributed by atoms with Gasteiger partial charge in [-0.05, 0) is 43.5 Å². The number of aryl methyl sites for hydroxylation is 1. The van der Waals surface area contributed by atoms with Crippen molar-refractivity contribution in [2.24, 2.45) is 5.41 Å². The van der Waals surface area contributed by atoms with E-state index in [1.807, 2.05) is 13.0 Å². The van der Waals surface area contributed by atoms with E-state index in [4.69, 9.17) is 9.47 Å². The molecule has 0 radical (unpaired) electrons. The van der Waals surface area contributed by atoms with E-state index in [2.05, 4.69) is 11.4 Å². The summed E-state index contributed by atoms with van der Waals surface area (Å²) >= 11 is 0. The molecule has 1 aliphatic heterocycles. The highest BCUT2D eigenvalue weighted by Gasteiger charge is 2.40. The number of hydrogen-bond acceptors (Lipinski definition) is 4. The number of carbonyl (C=O) groups is 1. The molecule has 0 aromatic heterocycles. The molecular formula is C15H18N2O3. The maximum Gasteiger partial charge on any atom is 0.245 e. The van der Waals surface area contributed by atoms with Crippen molar-refractivity contribution >= 4 is 11.6 Å². The van der Waals surface area contributed by atoms with E-state index in [1.165, 1.54) is 0 Å². The molecule has 1 fully saturated rings. The van der Waals surface area contributed by atoms with Gasteiger partial charge < -0.3 is 14.8 Å². The Bertz CT molecular complexity index is 543. The summed E-state index contributed by atoms with van der Waals surface area (Å²) in [4.78, 5) is 12.4. The van der Waals surface area contributed by atoms with Gasteiger partial charge in [0.05, 0.1) is 13.2 Å². The summed E-state index contributed by atoms with van der Waals surface area (Å²) in [5.74, 6) is 0.511. The summed E-state index contributed by atoms with van der Waals surface area (Å²) in [7, 11) is 1.60. The highest BCUT2D eigenvalue weighted by Crippen LogP contribution is 2.31. The summed E-state index contributed by atoms with van der Waals surface area (Å²) in [6.45, 7) is 2.80. The predicted molar refractivity (Wildman–Crippen MR) is 74.5 cm³/mol. The number of benzene rings is 1. The molecule has 20 heavy (non-hydrogen) atoms. The van der Waals surface area contributed by atoms with Crippen LogP contribution in [0.1, 0.15) is 18.4 Å². The standard InChI is InChI=1S/C15H18N2O3/c1-11-9-12(3-4-13(11)19-2)17-14(18)15(10-16)5-7-20-8-6-15/h3-4,9H,5-8H2,1-2H3,(H,17,18). The van der Waals surface area contributed by atoms with Crippen LogP contribution in [0.15, 0.2) is 18.2 Å². The molecule has 0 atom stereocenters. The first-order chi connectivity index (χ1) is 9.61. The maximum absolute atomic E-state index is 12.4. The number of anilines is 1. The molecule has 1 aromatic carbocycles. The molecule has 0 aliphatic carbocycles. The van der Waals surface area contributed by atoms with E-state index in [-0.39, 0.29) is 5.91 Å². The SMILES string of the molecule is COc1ccc(NC(=O)C2(C#N)CCOCC2)cc1C. The van der Waals surface area contributed by atoms with E-state index >= 15 is 0 Å². The molecule has 2 rings (SSSR count). The molecule has 106 valence electrons. The number of nitrogens with one attached hydrogen (secondary N) is 1. The normalized spacial score (nSPS) is 17.1. The second-order valence-electron chi connectivity index (χ2n) is 4.94. The quantitative estimate of drug-likeness (QED) is 0.917. The van der Waals surface area contributed by atoms with E-state index in [9.17, 15) is 10.1 Å². The summed E-state index contributed by atoms with van der Waals surface area (Å²) in [6.07, 6.45) is 0.870. The third kappa shape index (κ3) is 2.75. The molecule has 0 spiro atoms. The minimum Gasteiger partial charge on any atom is -0.496 e. The lowest BCUT2D eigenvalue weighted by Gasteiger charge is -2.29. The highest BCUT2D eigenvalue weighted by atomic mass is 16.5. The van der Waals surface area contributed by atoms with Gasteiger partial charge in [0.15, 0.2) is 0 Å². The van der Waals surface area contributed by atoms with Gasteiger partial charge in [-0.25, -0.2) is 0 Å². The molecule has 1 amide bonds. The van der Waals surface area contributed by atoms with Gasteiger partial charge in [0.2, 0.25) is 5.91 Å². The van der Waals surface area contributed by atoms with Crippen LogP contribution in [0.3, 0.4) is 0 Å². The van der Waals surface area contributed by atoms with Crippen LogP contribution in [-0.2, 0) is 9.53 Å². The van der Waals surface area contributed by atoms with Crippen LogP contribution in [0.25, 0.3) is 0 Å². The maximum atomic E-state index is 12.4. The van der Waals surface area contributed by atoms with E-state index < -0.39 is 5.41 Å². The molecular weight excluding hydrogens is 256 g/mol. The Labute approximate surface area is 118 Å². The molecule has 0 saturated carbocycles. The molecule has 0 bridgehead atoms. The number of methoxy groups -OCH3 is 1. The Hall–Kier alpha value is -2.06.